The van der Waals surface area contributed by atoms with E-state index in [0.717, 1.165) is 18.9 Å². The minimum absolute atomic E-state index is 0.629. The SMILES string of the molecule is CCNC(CCC1CCCC1)Cc1ccccc1Br. The summed E-state index contributed by atoms with van der Waals surface area (Å²) in [6.07, 6.45) is 9.72. The van der Waals surface area contributed by atoms with E-state index in [1.165, 1.54) is 48.6 Å². The van der Waals surface area contributed by atoms with Crippen molar-refractivity contribution in [2.45, 2.75) is 57.9 Å². The van der Waals surface area contributed by atoms with Crippen molar-refractivity contribution in [3.63, 3.8) is 0 Å². The van der Waals surface area contributed by atoms with Gasteiger partial charge in [0, 0.05) is 10.5 Å². The maximum atomic E-state index is 3.67. The summed E-state index contributed by atoms with van der Waals surface area (Å²) < 4.78 is 1.25. The summed E-state index contributed by atoms with van der Waals surface area (Å²) in [5.74, 6) is 1.00. The van der Waals surface area contributed by atoms with Gasteiger partial charge in [-0.3, -0.25) is 0 Å². The maximum Gasteiger partial charge on any atom is 0.0207 e. The van der Waals surface area contributed by atoms with Crippen LogP contribution in [0.4, 0.5) is 0 Å². The van der Waals surface area contributed by atoms with Crippen molar-refractivity contribution < 1.29 is 0 Å². The number of hydrogen-bond donors (Lipinski definition) is 1. The number of hydrogen-bond acceptors (Lipinski definition) is 1. The van der Waals surface area contributed by atoms with Gasteiger partial charge >= 0.3 is 0 Å². The minimum Gasteiger partial charge on any atom is -0.314 e. The first-order valence-electron chi connectivity index (χ1n) is 7.76. The lowest BCUT2D eigenvalue weighted by Crippen LogP contribution is -2.31. The van der Waals surface area contributed by atoms with E-state index < -0.39 is 0 Å². The van der Waals surface area contributed by atoms with Crippen molar-refractivity contribution in [1.29, 1.82) is 0 Å². The van der Waals surface area contributed by atoms with E-state index >= 15 is 0 Å². The quantitative estimate of drug-likeness (QED) is 0.749. The zero-order valence-electron chi connectivity index (χ0n) is 12.0. The van der Waals surface area contributed by atoms with E-state index in [9.17, 15) is 0 Å². The first kappa shape index (κ1) is 15.1. The van der Waals surface area contributed by atoms with Gasteiger partial charge in [0.15, 0.2) is 0 Å². The van der Waals surface area contributed by atoms with Gasteiger partial charge in [-0.05, 0) is 43.4 Å². The second-order valence-corrected chi connectivity index (χ2v) is 6.63. The Bertz CT molecular complexity index is 371. The predicted octanol–water partition coefficient (Wildman–Crippen LogP) is 4.94. The normalized spacial score (nSPS) is 17.8. The van der Waals surface area contributed by atoms with Crippen LogP contribution in [0.3, 0.4) is 0 Å². The molecule has 0 saturated heterocycles. The molecule has 2 rings (SSSR count). The van der Waals surface area contributed by atoms with Crippen molar-refractivity contribution in [2.75, 3.05) is 6.54 Å². The average molecular weight is 324 g/mol. The third-order valence-electron chi connectivity index (χ3n) is 4.32. The molecule has 1 aliphatic rings. The molecule has 1 atom stereocenters. The highest BCUT2D eigenvalue weighted by molar-refractivity contribution is 9.10. The van der Waals surface area contributed by atoms with Gasteiger partial charge in [0.25, 0.3) is 0 Å². The maximum absolute atomic E-state index is 3.67. The van der Waals surface area contributed by atoms with Gasteiger partial charge < -0.3 is 5.32 Å². The molecule has 0 spiro atoms. The Kier molecular flexibility index (Phi) is 6.39. The topological polar surface area (TPSA) is 12.0 Å². The molecule has 19 heavy (non-hydrogen) atoms. The molecule has 1 unspecified atom stereocenters. The lowest BCUT2D eigenvalue weighted by molar-refractivity contribution is 0.407. The Morgan fingerprint density at radius 2 is 2.00 bits per heavy atom. The van der Waals surface area contributed by atoms with Gasteiger partial charge in [0.2, 0.25) is 0 Å². The molecule has 0 heterocycles. The van der Waals surface area contributed by atoms with Crippen molar-refractivity contribution in [1.82, 2.24) is 5.32 Å². The number of nitrogens with one attached hydrogen (secondary N) is 1. The summed E-state index contributed by atoms with van der Waals surface area (Å²) in [7, 11) is 0. The minimum atomic E-state index is 0.629. The van der Waals surface area contributed by atoms with Crippen molar-refractivity contribution in [3.8, 4) is 0 Å². The molecular formula is C17H26BrN. The van der Waals surface area contributed by atoms with Crippen LogP contribution in [0, 0.1) is 5.92 Å². The largest absolute Gasteiger partial charge is 0.314 e. The third kappa shape index (κ3) is 4.92. The van der Waals surface area contributed by atoms with Gasteiger partial charge in [-0.1, -0.05) is 66.7 Å². The van der Waals surface area contributed by atoms with Gasteiger partial charge in [-0.2, -0.15) is 0 Å². The molecule has 1 aromatic carbocycles. The molecule has 1 nitrogen and oxygen atoms in total. The fraction of sp³-hybridized carbons (Fsp3) is 0.647. The first-order chi connectivity index (χ1) is 9.29. The summed E-state index contributed by atoms with van der Waals surface area (Å²) in [6, 6.07) is 9.25. The Balaban J connectivity index is 1.86. The Hall–Kier alpha value is -0.340. The van der Waals surface area contributed by atoms with Crippen LogP contribution in [0.2, 0.25) is 0 Å². The molecule has 106 valence electrons. The monoisotopic (exact) mass is 323 g/mol. The highest BCUT2D eigenvalue weighted by atomic mass is 79.9. The predicted molar refractivity (Wildman–Crippen MR) is 86.5 cm³/mol. The van der Waals surface area contributed by atoms with Crippen LogP contribution in [-0.2, 0) is 6.42 Å². The van der Waals surface area contributed by atoms with Crippen LogP contribution >= 0.6 is 15.9 Å². The van der Waals surface area contributed by atoms with E-state index in [-0.39, 0.29) is 0 Å². The fourth-order valence-electron chi connectivity index (χ4n) is 3.23. The smallest absolute Gasteiger partial charge is 0.0207 e. The molecular weight excluding hydrogens is 298 g/mol. The average Bonchev–Trinajstić information content (AvgIpc) is 2.92. The Labute approximate surface area is 126 Å². The van der Waals surface area contributed by atoms with Crippen molar-refractivity contribution in [3.05, 3.63) is 34.3 Å². The number of halogens is 1. The Morgan fingerprint density at radius 1 is 1.26 bits per heavy atom. The van der Waals surface area contributed by atoms with Gasteiger partial charge in [-0.25, -0.2) is 0 Å². The van der Waals surface area contributed by atoms with Gasteiger partial charge in [0.05, 0.1) is 0 Å². The molecule has 2 heteroatoms. The van der Waals surface area contributed by atoms with Gasteiger partial charge in [0.1, 0.15) is 0 Å². The van der Waals surface area contributed by atoms with Crippen molar-refractivity contribution in [2.24, 2.45) is 5.92 Å². The molecule has 0 aromatic heterocycles. The zero-order chi connectivity index (χ0) is 13.5. The number of rotatable bonds is 7. The van der Waals surface area contributed by atoms with E-state index in [1.807, 2.05) is 0 Å². The summed E-state index contributed by atoms with van der Waals surface area (Å²) in [5, 5.41) is 3.66. The van der Waals surface area contributed by atoms with E-state index in [4.69, 9.17) is 0 Å². The lowest BCUT2D eigenvalue weighted by Gasteiger charge is -2.20. The first-order valence-corrected chi connectivity index (χ1v) is 8.55. The van der Waals surface area contributed by atoms with Crippen LogP contribution in [-0.4, -0.2) is 12.6 Å². The fourth-order valence-corrected chi connectivity index (χ4v) is 3.68. The van der Waals surface area contributed by atoms with Crippen LogP contribution in [0.15, 0.2) is 28.7 Å². The molecule has 0 radical (unpaired) electrons. The molecule has 0 bridgehead atoms. The third-order valence-corrected chi connectivity index (χ3v) is 5.09. The summed E-state index contributed by atoms with van der Waals surface area (Å²) in [4.78, 5) is 0. The van der Waals surface area contributed by atoms with Crippen molar-refractivity contribution >= 4 is 15.9 Å². The molecule has 0 amide bonds. The number of benzene rings is 1. The lowest BCUT2D eigenvalue weighted by atomic mass is 9.95. The Morgan fingerprint density at radius 3 is 2.68 bits per heavy atom. The van der Waals surface area contributed by atoms with Crippen LogP contribution in [0.25, 0.3) is 0 Å². The van der Waals surface area contributed by atoms with Crippen LogP contribution < -0.4 is 5.32 Å². The second kappa shape index (κ2) is 8.06. The molecule has 1 aliphatic carbocycles. The molecule has 1 aromatic rings. The van der Waals surface area contributed by atoms with E-state index in [1.54, 1.807) is 0 Å². The van der Waals surface area contributed by atoms with Crippen LogP contribution in [0.1, 0.15) is 51.0 Å². The van der Waals surface area contributed by atoms with Gasteiger partial charge in [-0.15, -0.1) is 0 Å². The molecule has 1 N–H and O–H groups in total. The second-order valence-electron chi connectivity index (χ2n) is 5.78. The summed E-state index contributed by atoms with van der Waals surface area (Å²) in [6.45, 7) is 3.28. The highest BCUT2D eigenvalue weighted by Crippen LogP contribution is 2.29. The highest BCUT2D eigenvalue weighted by Gasteiger charge is 2.17. The molecule has 0 aliphatic heterocycles. The summed E-state index contributed by atoms with van der Waals surface area (Å²) in [5.41, 5.74) is 1.43. The summed E-state index contributed by atoms with van der Waals surface area (Å²) >= 11 is 3.67. The number of likely N-dealkylation sites (N-methyl/N-ethyl adjacent to an activating group) is 1. The van der Waals surface area contributed by atoms with E-state index in [2.05, 4.69) is 52.4 Å². The van der Waals surface area contributed by atoms with E-state index in [0.29, 0.717) is 6.04 Å². The molecule has 1 fully saturated rings. The standard InChI is InChI=1S/C17H26BrN/c1-2-19-16(12-11-14-7-3-4-8-14)13-15-9-5-6-10-17(15)18/h5-6,9-10,14,16,19H,2-4,7-8,11-13H2,1H3. The zero-order valence-corrected chi connectivity index (χ0v) is 13.6. The molecule has 1 saturated carbocycles. The van der Waals surface area contributed by atoms with Crippen LogP contribution in [0.5, 0.6) is 0 Å².